The number of rotatable bonds is 5. The van der Waals surface area contributed by atoms with Crippen LogP contribution in [0.5, 0.6) is 17.4 Å². The molecule has 1 aromatic heterocycles. The smallest absolute Gasteiger partial charge is 0.222 e. The van der Waals surface area contributed by atoms with E-state index >= 15 is 0 Å². The minimum Gasteiger partial charge on any atom is -0.493 e. The average molecular weight is 275 g/mol. The van der Waals surface area contributed by atoms with E-state index in [0.717, 1.165) is 28.5 Å². The van der Waals surface area contributed by atoms with Gasteiger partial charge in [-0.2, -0.15) is 5.10 Å². The Hall–Kier alpha value is -2.01. The fourth-order valence-electron chi connectivity index (χ4n) is 2.15. The van der Waals surface area contributed by atoms with Gasteiger partial charge in [-0.1, -0.05) is 6.07 Å². The van der Waals surface area contributed by atoms with Crippen LogP contribution in [0.4, 0.5) is 0 Å². The lowest BCUT2D eigenvalue weighted by Gasteiger charge is -2.12. The Balaban J connectivity index is 2.39. The second-order valence-corrected chi connectivity index (χ2v) is 4.78. The van der Waals surface area contributed by atoms with Crippen LogP contribution in [-0.2, 0) is 13.6 Å². The molecule has 108 valence electrons. The Kier molecular flexibility index (Phi) is 4.29. The van der Waals surface area contributed by atoms with E-state index in [-0.39, 0.29) is 0 Å². The van der Waals surface area contributed by atoms with E-state index < -0.39 is 0 Å². The molecule has 1 aromatic carbocycles. The molecule has 0 radical (unpaired) electrons. The largest absolute Gasteiger partial charge is 0.493 e. The van der Waals surface area contributed by atoms with Gasteiger partial charge in [0.1, 0.15) is 0 Å². The highest BCUT2D eigenvalue weighted by Crippen LogP contribution is 2.34. The predicted molar refractivity (Wildman–Crippen MR) is 78.5 cm³/mol. The molecular weight excluding hydrogens is 254 g/mol. The second-order valence-electron chi connectivity index (χ2n) is 4.78. The number of aryl methyl sites for hydroxylation is 3. The first-order valence-electron chi connectivity index (χ1n) is 6.56. The molecule has 0 spiro atoms. The van der Waals surface area contributed by atoms with Gasteiger partial charge in [0.15, 0.2) is 11.5 Å². The van der Waals surface area contributed by atoms with Crippen molar-refractivity contribution in [2.45, 2.75) is 20.4 Å². The molecular formula is C15H21N3O2. The van der Waals surface area contributed by atoms with E-state index in [9.17, 15) is 0 Å². The number of aromatic nitrogens is 2. The van der Waals surface area contributed by atoms with Gasteiger partial charge in [0.2, 0.25) is 5.88 Å². The summed E-state index contributed by atoms with van der Waals surface area (Å²) < 4.78 is 13.2. The van der Waals surface area contributed by atoms with Crippen LogP contribution < -0.4 is 14.8 Å². The Morgan fingerprint density at radius 1 is 1.25 bits per heavy atom. The molecule has 5 nitrogen and oxygen atoms in total. The van der Waals surface area contributed by atoms with Crippen molar-refractivity contribution < 1.29 is 9.47 Å². The van der Waals surface area contributed by atoms with Crippen LogP contribution in [0.1, 0.15) is 16.8 Å². The van der Waals surface area contributed by atoms with Crippen molar-refractivity contribution in [3.8, 4) is 17.4 Å². The average Bonchev–Trinajstić information content (AvgIpc) is 2.68. The Labute approximate surface area is 119 Å². The number of nitrogens with zero attached hydrogens (tertiary/aromatic N) is 2. The molecule has 20 heavy (non-hydrogen) atoms. The molecule has 0 amide bonds. The van der Waals surface area contributed by atoms with E-state index in [1.165, 1.54) is 0 Å². The summed E-state index contributed by atoms with van der Waals surface area (Å²) in [6, 6.07) is 5.87. The quantitative estimate of drug-likeness (QED) is 0.911. The summed E-state index contributed by atoms with van der Waals surface area (Å²) in [6.45, 7) is 4.71. The number of hydrogen-bond acceptors (Lipinski definition) is 4. The van der Waals surface area contributed by atoms with Gasteiger partial charge in [-0.3, -0.25) is 0 Å². The zero-order chi connectivity index (χ0) is 14.7. The lowest BCUT2D eigenvalue weighted by Crippen LogP contribution is -2.07. The molecule has 2 rings (SSSR count). The molecule has 2 aromatic rings. The number of hydrogen-bond donors (Lipinski definition) is 1. The van der Waals surface area contributed by atoms with E-state index in [4.69, 9.17) is 9.47 Å². The van der Waals surface area contributed by atoms with Crippen molar-refractivity contribution in [2.75, 3.05) is 14.2 Å². The fourth-order valence-corrected chi connectivity index (χ4v) is 2.15. The number of ether oxygens (including phenoxy) is 2. The summed E-state index contributed by atoms with van der Waals surface area (Å²) in [7, 11) is 5.43. The third-order valence-electron chi connectivity index (χ3n) is 3.17. The van der Waals surface area contributed by atoms with Crippen molar-refractivity contribution in [3.05, 3.63) is 35.0 Å². The topological polar surface area (TPSA) is 48.3 Å². The van der Waals surface area contributed by atoms with Gasteiger partial charge < -0.3 is 14.8 Å². The van der Waals surface area contributed by atoms with Gasteiger partial charge in [-0.25, -0.2) is 4.68 Å². The highest BCUT2D eigenvalue weighted by molar-refractivity contribution is 5.45. The number of benzene rings is 1. The van der Waals surface area contributed by atoms with Crippen LogP contribution in [0.2, 0.25) is 0 Å². The summed E-state index contributed by atoms with van der Waals surface area (Å²) >= 11 is 0. The first-order valence-corrected chi connectivity index (χ1v) is 6.56. The zero-order valence-corrected chi connectivity index (χ0v) is 12.7. The van der Waals surface area contributed by atoms with Crippen LogP contribution in [0.15, 0.2) is 18.2 Å². The van der Waals surface area contributed by atoms with Crippen molar-refractivity contribution in [1.29, 1.82) is 0 Å². The third kappa shape index (κ3) is 2.77. The first kappa shape index (κ1) is 14.4. The normalized spacial score (nSPS) is 10.7. The zero-order valence-electron chi connectivity index (χ0n) is 12.7. The first-order chi connectivity index (χ1) is 9.56. The van der Waals surface area contributed by atoms with Crippen LogP contribution in [0.3, 0.4) is 0 Å². The molecule has 0 saturated carbocycles. The summed E-state index contributed by atoms with van der Waals surface area (Å²) in [4.78, 5) is 0. The van der Waals surface area contributed by atoms with Crippen LogP contribution >= 0.6 is 0 Å². The van der Waals surface area contributed by atoms with Gasteiger partial charge in [-0.15, -0.1) is 0 Å². The van der Waals surface area contributed by atoms with Gasteiger partial charge in [-0.05, 0) is 38.6 Å². The molecule has 0 saturated heterocycles. The SMILES string of the molecule is CNCc1c(C)nn(C)c1Oc1ccc(C)cc1OC. The second kappa shape index (κ2) is 5.96. The predicted octanol–water partition coefficient (Wildman–Crippen LogP) is 2.56. The monoisotopic (exact) mass is 275 g/mol. The summed E-state index contributed by atoms with van der Waals surface area (Å²) in [6.07, 6.45) is 0. The van der Waals surface area contributed by atoms with Crippen LogP contribution in [0, 0.1) is 13.8 Å². The molecule has 0 atom stereocenters. The van der Waals surface area contributed by atoms with E-state index in [2.05, 4.69) is 10.4 Å². The Morgan fingerprint density at radius 2 is 2.00 bits per heavy atom. The van der Waals surface area contributed by atoms with E-state index in [0.29, 0.717) is 12.3 Å². The maximum absolute atomic E-state index is 6.03. The third-order valence-corrected chi connectivity index (χ3v) is 3.17. The van der Waals surface area contributed by atoms with E-state index in [1.54, 1.807) is 11.8 Å². The molecule has 1 N–H and O–H groups in total. The van der Waals surface area contributed by atoms with E-state index in [1.807, 2.05) is 46.1 Å². The molecule has 1 heterocycles. The summed E-state index contributed by atoms with van der Waals surface area (Å²) in [5.74, 6) is 2.15. The number of methoxy groups -OCH3 is 1. The lowest BCUT2D eigenvalue weighted by atomic mass is 10.2. The molecule has 0 aliphatic heterocycles. The molecule has 0 fully saturated rings. The van der Waals surface area contributed by atoms with Crippen LogP contribution in [0.25, 0.3) is 0 Å². The van der Waals surface area contributed by atoms with Crippen molar-refractivity contribution >= 4 is 0 Å². The maximum Gasteiger partial charge on any atom is 0.222 e. The van der Waals surface area contributed by atoms with Gasteiger partial charge in [0, 0.05) is 13.6 Å². The van der Waals surface area contributed by atoms with Crippen molar-refractivity contribution in [2.24, 2.45) is 7.05 Å². The Morgan fingerprint density at radius 3 is 2.65 bits per heavy atom. The minimum atomic E-state index is 0.693. The summed E-state index contributed by atoms with van der Waals surface area (Å²) in [5, 5.41) is 7.55. The highest BCUT2D eigenvalue weighted by atomic mass is 16.5. The fraction of sp³-hybridized carbons (Fsp3) is 0.400. The molecule has 0 bridgehead atoms. The van der Waals surface area contributed by atoms with Gasteiger partial charge in [0.25, 0.3) is 0 Å². The van der Waals surface area contributed by atoms with Crippen LogP contribution in [-0.4, -0.2) is 23.9 Å². The molecule has 0 aliphatic carbocycles. The van der Waals surface area contributed by atoms with Gasteiger partial charge >= 0.3 is 0 Å². The number of nitrogens with one attached hydrogen (secondary N) is 1. The standard InChI is InChI=1S/C15H21N3O2/c1-10-6-7-13(14(8-10)19-5)20-15-12(9-16-3)11(2)17-18(15)4/h6-8,16H,9H2,1-5H3. The summed E-state index contributed by atoms with van der Waals surface area (Å²) in [5.41, 5.74) is 3.14. The maximum atomic E-state index is 6.03. The van der Waals surface area contributed by atoms with Crippen molar-refractivity contribution in [1.82, 2.24) is 15.1 Å². The molecule has 0 unspecified atom stereocenters. The Bertz CT molecular complexity index is 605. The molecule has 5 heteroatoms. The van der Waals surface area contributed by atoms with Gasteiger partial charge in [0.05, 0.1) is 18.4 Å². The molecule has 0 aliphatic rings. The lowest BCUT2D eigenvalue weighted by molar-refractivity contribution is 0.363. The minimum absolute atomic E-state index is 0.693. The highest BCUT2D eigenvalue weighted by Gasteiger charge is 2.16. The van der Waals surface area contributed by atoms with Crippen molar-refractivity contribution in [3.63, 3.8) is 0 Å².